The maximum absolute atomic E-state index is 14.1. The topological polar surface area (TPSA) is 86.8 Å². The molecule has 0 aliphatic rings. The van der Waals surface area contributed by atoms with E-state index in [1.807, 2.05) is 37.3 Å². The van der Waals surface area contributed by atoms with E-state index < -0.39 is 28.5 Å². The van der Waals surface area contributed by atoms with Crippen LogP contribution in [-0.2, 0) is 32.6 Å². The minimum Gasteiger partial charge on any atom is -0.354 e. The van der Waals surface area contributed by atoms with Crippen molar-refractivity contribution >= 4 is 62.3 Å². The zero-order chi connectivity index (χ0) is 29.3. The van der Waals surface area contributed by atoms with Crippen molar-refractivity contribution in [3.63, 3.8) is 0 Å². The molecule has 0 saturated carbocycles. The monoisotopic (exact) mass is 623 g/mol. The molecule has 40 heavy (non-hydrogen) atoms. The first-order valence-electron chi connectivity index (χ1n) is 12.8. The second-order valence-electron chi connectivity index (χ2n) is 9.37. The fourth-order valence-electron chi connectivity index (χ4n) is 4.16. The van der Waals surface area contributed by atoms with Crippen LogP contribution < -0.4 is 9.62 Å². The molecule has 0 bridgehead atoms. The summed E-state index contributed by atoms with van der Waals surface area (Å²) in [6.45, 7) is 1.91. The predicted molar refractivity (Wildman–Crippen MR) is 163 cm³/mol. The molecule has 0 saturated heterocycles. The van der Waals surface area contributed by atoms with Crippen LogP contribution in [-0.4, -0.2) is 50.5 Å². The predicted octanol–water partition coefficient (Wildman–Crippen LogP) is 5.97. The molecule has 0 aliphatic carbocycles. The third-order valence-electron chi connectivity index (χ3n) is 6.20. The van der Waals surface area contributed by atoms with Gasteiger partial charge in [0.2, 0.25) is 21.8 Å². The van der Waals surface area contributed by atoms with Gasteiger partial charge in [0, 0.05) is 29.6 Å². The smallest absolute Gasteiger partial charge is 0.244 e. The van der Waals surface area contributed by atoms with Gasteiger partial charge in [0.1, 0.15) is 12.6 Å². The SMILES string of the molecule is CCCCNC(=O)[C@H](Cc1ccccc1)N(Cc1cccc(Cl)c1)C(=O)CN(c1cc(Cl)ccc1Cl)S(C)(=O)=O. The van der Waals surface area contributed by atoms with E-state index in [4.69, 9.17) is 34.8 Å². The minimum atomic E-state index is -3.97. The fraction of sp³-hybridized carbons (Fsp3) is 0.310. The molecule has 214 valence electrons. The number of carbonyl (C=O) groups excluding carboxylic acids is 2. The highest BCUT2D eigenvalue weighted by Gasteiger charge is 2.33. The number of nitrogens with zero attached hydrogens (tertiary/aromatic N) is 2. The molecular weight excluding hydrogens is 593 g/mol. The van der Waals surface area contributed by atoms with Gasteiger partial charge >= 0.3 is 0 Å². The number of amides is 2. The molecular formula is C29H32Cl3N3O4S. The van der Waals surface area contributed by atoms with Gasteiger partial charge in [-0.1, -0.05) is 90.6 Å². The fourth-order valence-corrected chi connectivity index (χ4v) is 5.67. The number of benzene rings is 3. The van der Waals surface area contributed by atoms with Crippen molar-refractivity contribution in [1.29, 1.82) is 0 Å². The zero-order valence-electron chi connectivity index (χ0n) is 22.3. The largest absolute Gasteiger partial charge is 0.354 e. The summed E-state index contributed by atoms with van der Waals surface area (Å²) in [4.78, 5) is 29.0. The molecule has 0 aromatic heterocycles. The summed E-state index contributed by atoms with van der Waals surface area (Å²) in [5, 5.41) is 3.78. The molecule has 0 radical (unpaired) electrons. The Bertz CT molecular complexity index is 1420. The lowest BCUT2D eigenvalue weighted by Crippen LogP contribution is -2.53. The molecule has 11 heteroatoms. The van der Waals surface area contributed by atoms with Crippen molar-refractivity contribution in [2.45, 2.75) is 38.8 Å². The maximum Gasteiger partial charge on any atom is 0.244 e. The zero-order valence-corrected chi connectivity index (χ0v) is 25.4. The summed E-state index contributed by atoms with van der Waals surface area (Å²) in [6, 6.07) is 19.8. The van der Waals surface area contributed by atoms with E-state index in [-0.39, 0.29) is 34.6 Å². The van der Waals surface area contributed by atoms with E-state index in [1.54, 1.807) is 24.3 Å². The highest BCUT2D eigenvalue weighted by molar-refractivity contribution is 7.92. The average molecular weight is 625 g/mol. The lowest BCUT2D eigenvalue weighted by molar-refractivity contribution is -0.140. The lowest BCUT2D eigenvalue weighted by atomic mass is 10.0. The van der Waals surface area contributed by atoms with Gasteiger partial charge in [0.05, 0.1) is 17.0 Å². The van der Waals surface area contributed by atoms with Gasteiger partial charge in [-0.3, -0.25) is 13.9 Å². The van der Waals surface area contributed by atoms with Gasteiger partial charge < -0.3 is 10.2 Å². The van der Waals surface area contributed by atoms with Crippen molar-refractivity contribution < 1.29 is 18.0 Å². The van der Waals surface area contributed by atoms with Crippen molar-refractivity contribution in [3.05, 3.63) is 99.0 Å². The number of hydrogen-bond donors (Lipinski definition) is 1. The van der Waals surface area contributed by atoms with Gasteiger partial charge in [-0.05, 0) is 47.9 Å². The molecule has 3 aromatic carbocycles. The maximum atomic E-state index is 14.1. The van der Waals surface area contributed by atoms with Gasteiger partial charge in [-0.2, -0.15) is 0 Å². The Balaban J connectivity index is 2.06. The molecule has 7 nitrogen and oxygen atoms in total. The first-order valence-corrected chi connectivity index (χ1v) is 15.8. The number of unbranched alkanes of at least 4 members (excludes halogenated alkanes) is 1. The van der Waals surface area contributed by atoms with E-state index in [9.17, 15) is 18.0 Å². The third-order valence-corrected chi connectivity index (χ3v) is 8.11. The van der Waals surface area contributed by atoms with E-state index in [0.29, 0.717) is 17.1 Å². The Morgan fingerprint density at radius 1 is 0.900 bits per heavy atom. The summed E-state index contributed by atoms with van der Waals surface area (Å²) < 4.78 is 26.7. The highest BCUT2D eigenvalue weighted by atomic mass is 35.5. The summed E-state index contributed by atoms with van der Waals surface area (Å²) >= 11 is 18.7. The van der Waals surface area contributed by atoms with Crippen LogP contribution in [0.15, 0.2) is 72.8 Å². The number of nitrogens with one attached hydrogen (secondary N) is 1. The Kier molecular flexibility index (Phi) is 11.7. The van der Waals surface area contributed by atoms with Crippen LogP contribution in [0.3, 0.4) is 0 Å². The van der Waals surface area contributed by atoms with E-state index >= 15 is 0 Å². The standard InChI is InChI=1S/C29H32Cl3N3O4S/c1-3-4-15-33-29(37)27(17-21-9-6-5-7-10-21)34(19-22-11-8-12-23(30)16-22)28(36)20-35(40(2,38)39)26-18-24(31)13-14-25(26)32/h5-14,16,18,27H,3-4,15,17,19-20H2,1-2H3,(H,33,37)/t27-/m0/s1. The second-order valence-corrected chi connectivity index (χ2v) is 12.6. The Morgan fingerprint density at radius 3 is 2.23 bits per heavy atom. The van der Waals surface area contributed by atoms with Crippen LogP contribution in [0.4, 0.5) is 5.69 Å². The van der Waals surface area contributed by atoms with Crippen molar-refractivity contribution in [1.82, 2.24) is 10.2 Å². The Morgan fingerprint density at radius 2 is 1.57 bits per heavy atom. The van der Waals surface area contributed by atoms with E-state index in [2.05, 4.69) is 5.32 Å². The molecule has 0 unspecified atom stereocenters. The molecule has 2 amide bonds. The van der Waals surface area contributed by atoms with Gasteiger partial charge in [-0.15, -0.1) is 0 Å². The molecule has 3 rings (SSSR count). The number of carbonyl (C=O) groups is 2. The highest BCUT2D eigenvalue weighted by Crippen LogP contribution is 2.31. The average Bonchev–Trinajstić information content (AvgIpc) is 2.90. The normalized spacial score (nSPS) is 12.0. The van der Waals surface area contributed by atoms with Crippen LogP contribution in [0.5, 0.6) is 0 Å². The number of anilines is 1. The molecule has 0 fully saturated rings. The van der Waals surface area contributed by atoms with Crippen LogP contribution in [0, 0.1) is 0 Å². The number of rotatable bonds is 13. The Labute approximate surface area is 251 Å². The number of sulfonamides is 1. The first-order chi connectivity index (χ1) is 19.0. The number of halogens is 3. The van der Waals surface area contributed by atoms with Gasteiger partial charge in [0.15, 0.2) is 0 Å². The molecule has 0 heterocycles. The molecule has 1 N–H and O–H groups in total. The van der Waals surface area contributed by atoms with E-state index in [0.717, 1.165) is 29.0 Å². The third kappa shape index (κ3) is 9.13. The summed E-state index contributed by atoms with van der Waals surface area (Å²) in [5.74, 6) is -0.924. The molecule has 0 spiro atoms. The Hall–Kier alpha value is -2.78. The second kappa shape index (κ2) is 14.7. The minimum absolute atomic E-state index is 0.0268. The first kappa shape index (κ1) is 31.7. The summed E-state index contributed by atoms with van der Waals surface area (Å²) in [6.07, 6.45) is 2.87. The van der Waals surface area contributed by atoms with Crippen LogP contribution >= 0.6 is 34.8 Å². The molecule has 1 atom stereocenters. The van der Waals surface area contributed by atoms with Crippen LogP contribution in [0.25, 0.3) is 0 Å². The van der Waals surface area contributed by atoms with Crippen LogP contribution in [0.1, 0.15) is 30.9 Å². The quantitative estimate of drug-likeness (QED) is 0.238. The van der Waals surface area contributed by atoms with Crippen molar-refractivity contribution in [3.8, 4) is 0 Å². The molecule has 3 aromatic rings. The van der Waals surface area contributed by atoms with Crippen molar-refractivity contribution in [2.75, 3.05) is 23.7 Å². The van der Waals surface area contributed by atoms with E-state index in [1.165, 1.54) is 23.1 Å². The summed E-state index contributed by atoms with van der Waals surface area (Å²) in [5.41, 5.74) is 1.60. The summed E-state index contributed by atoms with van der Waals surface area (Å²) in [7, 11) is -3.97. The van der Waals surface area contributed by atoms with Gasteiger partial charge in [-0.25, -0.2) is 8.42 Å². The molecule has 0 aliphatic heterocycles. The van der Waals surface area contributed by atoms with Crippen LogP contribution in [0.2, 0.25) is 15.1 Å². The lowest BCUT2D eigenvalue weighted by Gasteiger charge is -2.33. The van der Waals surface area contributed by atoms with Gasteiger partial charge in [0.25, 0.3) is 0 Å². The number of hydrogen-bond acceptors (Lipinski definition) is 4. The van der Waals surface area contributed by atoms with Crippen molar-refractivity contribution in [2.24, 2.45) is 0 Å².